The van der Waals surface area contributed by atoms with Crippen molar-refractivity contribution < 1.29 is 29.3 Å². The molecule has 0 aliphatic carbocycles. The number of ether oxygens (including phenoxy) is 1. The highest BCUT2D eigenvalue weighted by Crippen LogP contribution is 2.33. The summed E-state index contributed by atoms with van der Waals surface area (Å²) in [5, 5.41) is 26.8. The maximum atomic E-state index is 14.6. The zero-order valence-corrected chi connectivity index (χ0v) is 27.6. The first kappa shape index (κ1) is 36.4. The second kappa shape index (κ2) is 17.5. The number of benzene rings is 2. The lowest BCUT2D eigenvalue weighted by Gasteiger charge is -2.35. The molecule has 2 aromatic rings. The fourth-order valence-corrected chi connectivity index (χ4v) is 5.15. The van der Waals surface area contributed by atoms with Gasteiger partial charge in [0.25, 0.3) is 0 Å². The van der Waals surface area contributed by atoms with Crippen LogP contribution in [0.25, 0.3) is 0 Å². The van der Waals surface area contributed by atoms with E-state index in [-0.39, 0.29) is 30.5 Å². The molecule has 0 saturated heterocycles. The van der Waals surface area contributed by atoms with Crippen molar-refractivity contribution in [2.45, 2.75) is 124 Å². The van der Waals surface area contributed by atoms with Gasteiger partial charge < -0.3 is 30.5 Å². The van der Waals surface area contributed by atoms with Gasteiger partial charge in [-0.2, -0.15) is 0 Å². The quantitative estimate of drug-likeness (QED) is 0.157. The van der Waals surface area contributed by atoms with Crippen LogP contribution < -0.4 is 10.6 Å². The van der Waals surface area contributed by atoms with Crippen LogP contribution in [0.3, 0.4) is 0 Å². The molecule has 3 unspecified atom stereocenters. The van der Waals surface area contributed by atoms with Crippen molar-refractivity contribution >= 4 is 17.9 Å². The molecule has 3 amide bonds. The Hall–Kier alpha value is -3.75. The van der Waals surface area contributed by atoms with Crippen LogP contribution in [0.15, 0.2) is 42.5 Å². The van der Waals surface area contributed by atoms with Gasteiger partial charge in [0.15, 0.2) is 0 Å². The number of aryl methyl sites for hydroxylation is 1. The number of nitrogens with one attached hydrogen (secondary N) is 2. The van der Waals surface area contributed by atoms with E-state index in [4.69, 9.17) is 4.74 Å². The van der Waals surface area contributed by atoms with Gasteiger partial charge in [-0.25, -0.2) is 4.79 Å². The molecule has 244 valence electrons. The first-order valence-corrected chi connectivity index (χ1v) is 15.9. The number of unbranched alkanes of at least 4 members (excludes halogenated alkanes) is 4. The number of amides is 3. The number of alkyl carbamates (subject to hydrolysis) is 1. The number of carbonyl (C=O) groups excluding carboxylic acids is 3. The SMILES string of the molecule is CCCCCCCN(C(=O)C(Cc1ccc(O)cc1)NC(=O)OC(C)(C)C)C(C(=O)NC(C)CCC)c1cccc(C)c1O. The molecule has 0 aliphatic rings. The smallest absolute Gasteiger partial charge is 0.408 e. The van der Waals surface area contributed by atoms with E-state index in [0.29, 0.717) is 23.1 Å². The number of phenols is 2. The molecule has 3 atom stereocenters. The predicted octanol–water partition coefficient (Wildman–Crippen LogP) is 6.69. The summed E-state index contributed by atoms with van der Waals surface area (Å²) >= 11 is 0. The lowest BCUT2D eigenvalue weighted by Crippen LogP contribution is -2.54. The molecular weight excluding hydrogens is 558 g/mol. The molecule has 44 heavy (non-hydrogen) atoms. The van der Waals surface area contributed by atoms with E-state index in [1.165, 1.54) is 17.0 Å². The van der Waals surface area contributed by atoms with Crippen LogP contribution in [-0.4, -0.2) is 57.3 Å². The van der Waals surface area contributed by atoms with Gasteiger partial charge in [0.1, 0.15) is 29.2 Å². The predicted molar refractivity (Wildman–Crippen MR) is 174 cm³/mol. The molecule has 0 aromatic heterocycles. The Labute approximate surface area is 263 Å². The fourth-order valence-electron chi connectivity index (χ4n) is 5.15. The molecule has 9 nitrogen and oxygen atoms in total. The fraction of sp³-hybridized carbons (Fsp3) is 0.571. The largest absolute Gasteiger partial charge is 0.508 e. The lowest BCUT2D eigenvalue weighted by molar-refractivity contribution is -0.143. The first-order chi connectivity index (χ1) is 20.8. The Balaban J connectivity index is 2.62. The van der Waals surface area contributed by atoms with E-state index >= 15 is 0 Å². The number of carbonyl (C=O) groups is 3. The summed E-state index contributed by atoms with van der Waals surface area (Å²) in [6.07, 6.45) is 5.60. The van der Waals surface area contributed by atoms with Crippen molar-refractivity contribution in [2.24, 2.45) is 0 Å². The Morgan fingerprint density at radius 3 is 2.18 bits per heavy atom. The molecule has 0 fully saturated rings. The summed E-state index contributed by atoms with van der Waals surface area (Å²) in [7, 11) is 0. The third-order valence-corrected chi connectivity index (χ3v) is 7.38. The van der Waals surface area contributed by atoms with Crippen LogP contribution in [0, 0.1) is 6.92 Å². The standard InChI is InChI=1S/C35H53N3O6/c1-8-10-11-12-13-22-38(30(32(41)36-25(4)15-9-2)28-17-14-16-24(3)31(28)40)33(42)29(37-34(43)44-35(5,6)7)23-26-18-20-27(39)21-19-26/h14,16-21,25,29-30,39-40H,8-13,15,22-23H2,1-7H3,(H,36,41)(H,37,43). The zero-order chi connectivity index (χ0) is 32.9. The van der Waals surface area contributed by atoms with Crippen LogP contribution in [0.5, 0.6) is 11.5 Å². The van der Waals surface area contributed by atoms with Gasteiger partial charge in [-0.05, 0) is 70.7 Å². The molecule has 2 rings (SSSR count). The number of hydrogen-bond acceptors (Lipinski definition) is 6. The topological polar surface area (TPSA) is 128 Å². The van der Waals surface area contributed by atoms with Crippen molar-refractivity contribution in [1.29, 1.82) is 0 Å². The summed E-state index contributed by atoms with van der Waals surface area (Å²) in [4.78, 5) is 43.1. The number of nitrogens with zero attached hydrogens (tertiary/aromatic N) is 1. The molecule has 0 spiro atoms. The Bertz CT molecular complexity index is 1210. The second-order valence-corrected chi connectivity index (χ2v) is 12.6. The van der Waals surface area contributed by atoms with E-state index in [0.717, 1.165) is 38.5 Å². The minimum atomic E-state index is -1.13. The van der Waals surface area contributed by atoms with Gasteiger partial charge in [-0.1, -0.05) is 76.3 Å². The maximum absolute atomic E-state index is 14.6. The van der Waals surface area contributed by atoms with Crippen molar-refractivity contribution in [2.75, 3.05) is 6.54 Å². The Morgan fingerprint density at radius 1 is 0.909 bits per heavy atom. The summed E-state index contributed by atoms with van der Waals surface area (Å²) in [5.41, 5.74) is 0.829. The van der Waals surface area contributed by atoms with Crippen LogP contribution in [0.2, 0.25) is 0 Å². The second-order valence-electron chi connectivity index (χ2n) is 12.6. The van der Waals surface area contributed by atoms with E-state index in [1.54, 1.807) is 58.0 Å². The lowest BCUT2D eigenvalue weighted by atomic mass is 9.97. The van der Waals surface area contributed by atoms with Gasteiger partial charge in [-0.3, -0.25) is 9.59 Å². The minimum absolute atomic E-state index is 0.0465. The number of hydrogen-bond donors (Lipinski definition) is 4. The van der Waals surface area contributed by atoms with Crippen LogP contribution in [0.1, 0.15) is 109 Å². The summed E-state index contributed by atoms with van der Waals surface area (Å²) in [6, 6.07) is 9.24. The summed E-state index contributed by atoms with van der Waals surface area (Å²) in [6.45, 7) is 13.3. The first-order valence-electron chi connectivity index (χ1n) is 15.9. The van der Waals surface area contributed by atoms with Gasteiger partial charge in [-0.15, -0.1) is 0 Å². The molecule has 0 aliphatic heterocycles. The average molecular weight is 612 g/mol. The van der Waals surface area contributed by atoms with Gasteiger partial charge in [0.2, 0.25) is 11.8 Å². The van der Waals surface area contributed by atoms with Crippen molar-refractivity contribution in [3.05, 3.63) is 59.2 Å². The molecule has 0 saturated carbocycles. The van der Waals surface area contributed by atoms with Crippen LogP contribution >= 0.6 is 0 Å². The molecular formula is C35H53N3O6. The van der Waals surface area contributed by atoms with Crippen molar-refractivity contribution in [3.63, 3.8) is 0 Å². The van der Waals surface area contributed by atoms with Crippen LogP contribution in [0.4, 0.5) is 4.79 Å². The van der Waals surface area contributed by atoms with Crippen LogP contribution in [-0.2, 0) is 20.7 Å². The monoisotopic (exact) mass is 611 g/mol. The number of para-hydroxylation sites is 1. The van der Waals surface area contributed by atoms with Gasteiger partial charge in [0.05, 0.1) is 0 Å². The van der Waals surface area contributed by atoms with Crippen molar-refractivity contribution in [3.8, 4) is 11.5 Å². The molecule has 0 radical (unpaired) electrons. The average Bonchev–Trinajstić information content (AvgIpc) is 2.93. The maximum Gasteiger partial charge on any atom is 0.408 e. The molecule has 9 heteroatoms. The van der Waals surface area contributed by atoms with Gasteiger partial charge >= 0.3 is 6.09 Å². The molecule has 0 bridgehead atoms. The molecule has 0 heterocycles. The third kappa shape index (κ3) is 11.7. The highest BCUT2D eigenvalue weighted by molar-refractivity contribution is 5.93. The minimum Gasteiger partial charge on any atom is -0.508 e. The Morgan fingerprint density at radius 2 is 1.57 bits per heavy atom. The van der Waals surface area contributed by atoms with E-state index in [2.05, 4.69) is 17.6 Å². The number of aromatic hydroxyl groups is 2. The summed E-state index contributed by atoms with van der Waals surface area (Å²) in [5.74, 6) is -0.828. The zero-order valence-electron chi connectivity index (χ0n) is 27.6. The van der Waals surface area contributed by atoms with E-state index in [1.807, 2.05) is 13.8 Å². The van der Waals surface area contributed by atoms with E-state index < -0.39 is 35.6 Å². The third-order valence-electron chi connectivity index (χ3n) is 7.38. The number of rotatable bonds is 16. The molecule has 4 N–H and O–H groups in total. The Kier molecular flexibility index (Phi) is 14.5. The van der Waals surface area contributed by atoms with Crippen molar-refractivity contribution in [1.82, 2.24) is 15.5 Å². The molecule has 2 aromatic carbocycles. The van der Waals surface area contributed by atoms with Gasteiger partial charge in [0, 0.05) is 24.6 Å². The highest BCUT2D eigenvalue weighted by atomic mass is 16.6. The highest BCUT2D eigenvalue weighted by Gasteiger charge is 2.38. The number of phenolic OH excluding ortho intramolecular Hbond substituents is 2. The summed E-state index contributed by atoms with van der Waals surface area (Å²) < 4.78 is 5.51. The normalized spacial score (nSPS) is 13.4. The van der Waals surface area contributed by atoms with E-state index in [9.17, 15) is 24.6 Å².